The van der Waals surface area contributed by atoms with E-state index in [-0.39, 0.29) is 6.61 Å². The van der Waals surface area contributed by atoms with Crippen LogP contribution in [-0.4, -0.2) is 10.1 Å². The molecule has 66 valence electrons. The second-order valence-electron chi connectivity index (χ2n) is 2.79. The van der Waals surface area contributed by atoms with Gasteiger partial charge in [0.2, 0.25) is 0 Å². The molecule has 0 aliphatic heterocycles. The third kappa shape index (κ3) is 1.45. The minimum absolute atomic E-state index is 0.0511. The number of hydrogen-bond acceptors (Lipinski definition) is 2. The first-order valence-electron chi connectivity index (χ1n) is 3.95. The number of aliphatic hydroxyl groups excluding tert-OH is 1. The molecule has 0 unspecified atom stereocenters. The third-order valence-electron chi connectivity index (χ3n) is 2.03. The van der Waals surface area contributed by atoms with Gasteiger partial charge in [0.15, 0.2) is 0 Å². The molecular weight excluding hydrogens is 230 g/mol. The molecule has 1 aromatic heterocycles. The Morgan fingerprint density at radius 1 is 1.23 bits per heavy atom. The molecule has 0 radical (unpaired) electrons. The van der Waals surface area contributed by atoms with E-state index >= 15 is 0 Å². The van der Waals surface area contributed by atoms with Crippen molar-refractivity contribution in [2.75, 3.05) is 0 Å². The summed E-state index contributed by atoms with van der Waals surface area (Å²) < 4.78 is 1.03. The van der Waals surface area contributed by atoms with Gasteiger partial charge in [0, 0.05) is 22.3 Å². The van der Waals surface area contributed by atoms with Crippen molar-refractivity contribution in [3.05, 3.63) is 40.6 Å². The summed E-state index contributed by atoms with van der Waals surface area (Å²) in [6, 6.07) is 5.76. The van der Waals surface area contributed by atoms with Crippen LogP contribution in [0.5, 0.6) is 0 Å². The zero-order valence-electron chi connectivity index (χ0n) is 6.87. The predicted octanol–water partition coefficient (Wildman–Crippen LogP) is 2.49. The lowest BCUT2D eigenvalue weighted by atomic mass is 10.1. The van der Waals surface area contributed by atoms with Crippen molar-refractivity contribution in [1.82, 2.24) is 4.98 Å². The Balaban J connectivity index is 2.84. The minimum atomic E-state index is 0.0511. The van der Waals surface area contributed by atoms with E-state index in [0.29, 0.717) is 0 Å². The molecule has 13 heavy (non-hydrogen) atoms. The number of rotatable bonds is 1. The van der Waals surface area contributed by atoms with Gasteiger partial charge < -0.3 is 5.11 Å². The normalized spacial score (nSPS) is 10.6. The average Bonchev–Trinajstić information content (AvgIpc) is 2.19. The highest BCUT2D eigenvalue weighted by atomic mass is 79.9. The first kappa shape index (κ1) is 8.66. The molecule has 0 aliphatic carbocycles. The van der Waals surface area contributed by atoms with Gasteiger partial charge in [-0.05, 0) is 23.1 Å². The molecule has 0 saturated heterocycles. The lowest BCUT2D eigenvalue weighted by molar-refractivity contribution is 0.283. The van der Waals surface area contributed by atoms with Gasteiger partial charge in [-0.1, -0.05) is 22.0 Å². The Hall–Kier alpha value is -0.930. The van der Waals surface area contributed by atoms with Crippen LogP contribution in [0.1, 0.15) is 5.56 Å². The first-order valence-corrected chi connectivity index (χ1v) is 4.74. The molecule has 0 spiro atoms. The van der Waals surface area contributed by atoms with Crippen LogP contribution in [0.25, 0.3) is 10.8 Å². The number of nitrogens with zero attached hydrogens (tertiary/aromatic N) is 1. The van der Waals surface area contributed by atoms with E-state index in [2.05, 4.69) is 20.9 Å². The van der Waals surface area contributed by atoms with Crippen LogP contribution in [0.15, 0.2) is 35.1 Å². The molecule has 0 atom stereocenters. The van der Waals surface area contributed by atoms with Gasteiger partial charge >= 0.3 is 0 Å². The fraction of sp³-hybridized carbons (Fsp3) is 0.100. The lowest BCUT2D eigenvalue weighted by Crippen LogP contribution is -1.87. The maximum Gasteiger partial charge on any atom is 0.0688 e. The summed E-state index contributed by atoms with van der Waals surface area (Å²) in [4.78, 5) is 4.03. The average molecular weight is 238 g/mol. The van der Waals surface area contributed by atoms with Gasteiger partial charge in [-0.3, -0.25) is 4.98 Å². The number of benzene rings is 1. The maximum atomic E-state index is 9.08. The van der Waals surface area contributed by atoms with Crippen LogP contribution in [-0.2, 0) is 6.61 Å². The predicted molar refractivity (Wildman–Crippen MR) is 55.4 cm³/mol. The van der Waals surface area contributed by atoms with Crippen molar-refractivity contribution < 1.29 is 5.11 Å². The molecule has 0 saturated carbocycles. The summed E-state index contributed by atoms with van der Waals surface area (Å²) in [5, 5.41) is 11.2. The summed E-state index contributed by atoms with van der Waals surface area (Å²) >= 11 is 3.45. The quantitative estimate of drug-likeness (QED) is 0.827. The van der Waals surface area contributed by atoms with E-state index in [9.17, 15) is 0 Å². The van der Waals surface area contributed by atoms with Gasteiger partial charge in [-0.2, -0.15) is 0 Å². The molecule has 2 nitrogen and oxygen atoms in total. The number of aliphatic hydroxyl groups is 1. The molecule has 3 heteroatoms. The Labute approximate surface area is 84.4 Å². The standard InChI is InChI=1S/C10H8BrNO/c11-10-2-1-7(6-13)9-5-12-4-3-8(9)10/h1-5,13H,6H2. The Morgan fingerprint density at radius 2 is 2.08 bits per heavy atom. The van der Waals surface area contributed by atoms with Crippen LogP contribution in [0, 0.1) is 0 Å². The monoisotopic (exact) mass is 237 g/mol. The Kier molecular flexibility index (Phi) is 2.29. The lowest BCUT2D eigenvalue weighted by Gasteiger charge is -2.04. The highest BCUT2D eigenvalue weighted by Crippen LogP contribution is 2.25. The molecule has 0 amide bonds. The van der Waals surface area contributed by atoms with Crippen LogP contribution < -0.4 is 0 Å². The van der Waals surface area contributed by atoms with Crippen molar-refractivity contribution in [3.8, 4) is 0 Å². The van der Waals surface area contributed by atoms with Crippen LogP contribution >= 0.6 is 15.9 Å². The number of aromatic nitrogens is 1. The van der Waals surface area contributed by atoms with E-state index in [0.717, 1.165) is 20.8 Å². The van der Waals surface area contributed by atoms with Gasteiger partial charge in [-0.15, -0.1) is 0 Å². The largest absolute Gasteiger partial charge is 0.392 e. The number of hydrogen-bond donors (Lipinski definition) is 1. The van der Waals surface area contributed by atoms with Gasteiger partial charge in [0.05, 0.1) is 6.61 Å². The summed E-state index contributed by atoms with van der Waals surface area (Å²) in [5.74, 6) is 0. The van der Waals surface area contributed by atoms with Gasteiger partial charge in [-0.25, -0.2) is 0 Å². The van der Waals surface area contributed by atoms with Crippen molar-refractivity contribution in [1.29, 1.82) is 0 Å². The Morgan fingerprint density at radius 3 is 2.85 bits per heavy atom. The Bertz CT molecular complexity index is 442. The zero-order chi connectivity index (χ0) is 9.26. The second-order valence-corrected chi connectivity index (χ2v) is 3.64. The highest BCUT2D eigenvalue weighted by molar-refractivity contribution is 9.10. The topological polar surface area (TPSA) is 33.1 Å². The summed E-state index contributed by atoms with van der Waals surface area (Å²) in [6.45, 7) is 0.0511. The third-order valence-corrected chi connectivity index (χ3v) is 2.72. The fourth-order valence-electron chi connectivity index (χ4n) is 1.35. The maximum absolute atomic E-state index is 9.08. The summed E-state index contributed by atoms with van der Waals surface area (Å²) in [6.07, 6.45) is 3.51. The molecule has 0 fully saturated rings. The fourth-order valence-corrected chi connectivity index (χ4v) is 1.83. The van der Waals surface area contributed by atoms with Crippen LogP contribution in [0.3, 0.4) is 0 Å². The van der Waals surface area contributed by atoms with Gasteiger partial charge in [0.25, 0.3) is 0 Å². The van der Waals surface area contributed by atoms with Crippen LogP contribution in [0.4, 0.5) is 0 Å². The molecule has 0 aliphatic rings. The van der Waals surface area contributed by atoms with Crippen molar-refractivity contribution in [2.24, 2.45) is 0 Å². The van der Waals surface area contributed by atoms with E-state index in [1.165, 1.54) is 0 Å². The molecule has 1 N–H and O–H groups in total. The molecule has 2 rings (SSSR count). The minimum Gasteiger partial charge on any atom is -0.392 e. The van der Waals surface area contributed by atoms with Crippen LogP contribution in [0.2, 0.25) is 0 Å². The van der Waals surface area contributed by atoms with E-state index in [1.807, 2.05) is 18.2 Å². The number of halogens is 1. The highest BCUT2D eigenvalue weighted by Gasteiger charge is 2.02. The summed E-state index contributed by atoms with van der Waals surface area (Å²) in [7, 11) is 0. The number of pyridine rings is 1. The number of fused-ring (bicyclic) bond motifs is 1. The molecular formula is C10H8BrNO. The molecule has 1 heterocycles. The smallest absolute Gasteiger partial charge is 0.0688 e. The van der Waals surface area contributed by atoms with E-state index in [4.69, 9.17) is 5.11 Å². The SMILES string of the molecule is OCc1ccc(Br)c2ccncc12. The molecule has 2 aromatic rings. The van der Waals surface area contributed by atoms with Crippen molar-refractivity contribution in [3.63, 3.8) is 0 Å². The van der Waals surface area contributed by atoms with E-state index in [1.54, 1.807) is 12.4 Å². The van der Waals surface area contributed by atoms with Gasteiger partial charge in [0.1, 0.15) is 0 Å². The molecule has 0 bridgehead atoms. The van der Waals surface area contributed by atoms with Crippen molar-refractivity contribution >= 4 is 26.7 Å². The van der Waals surface area contributed by atoms with E-state index < -0.39 is 0 Å². The second kappa shape index (κ2) is 3.44. The first-order chi connectivity index (χ1) is 6.33. The molecule has 1 aromatic carbocycles. The zero-order valence-corrected chi connectivity index (χ0v) is 8.45. The van der Waals surface area contributed by atoms with Crippen molar-refractivity contribution in [2.45, 2.75) is 6.61 Å². The summed E-state index contributed by atoms with van der Waals surface area (Å²) in [5.41, 5.74) is 0.909.